The molecule has 0 saturated carbocycles. The summed E-state index contributed by atoms with van der Waals surface area (Å²) in [7, 11) is 0. The highest BCUT2D eigenvalue weighted by molar-refractivity contribution is 5.44. The van der Waals surface area contributed by atoms with Crippen molar-refractivity contribution in [2.24, 2.45) is 0 Å². The van der Waals surface area contributed by atoms with Crippen molar-refractivity contribution < 1.29 is 43.1 Å². The third-order valence-corrected chi connectivity index (χ3v) is 5.02. The first-order valence-corrected chi connectivity index (χ1v) is 9.31. The van der Waals surface area contributed by atoms with Crippen molar-refractivity contribution in [2.45, 2.75) is 43.3 Å². The molecule has 2 aromatic carbocycles. The zero-order valence-electron chi connectivity index (χ0n) is 16.0. The second kappa shape index (κ2) is 9.21. The summed E-state index contributed by atoms with van der Waals surface area (Å²) in [6.07, 6.45) is -11.3. The normalized spacial score (nSPS) is 26.3. The number of alkyl halides is 3. The number of ether oxygens (including phenoxy) is 2. The second-order valence-corrected chi connectivity index (χ2v) is 7.15. The van der Waals surface area contributed by atoms with Gasteiger partial charge in [0.1, 0.15) is 36.3 Å². The molecule has 1 aliphatic heterocycles. The molecule has 0 spiro atoms. The Bertz CT molecular complexity index is 942. The van der Waals surface area contributed by atoms with Crippen LogP contribution in [0.3, 0.4) is 0 Å². The first-order valence-electron chi connectivity index (χ1n) is 9.31. The lowest BCUT2D eigenvalue weighted by atomic mass is 9.89. The number of aliphatic hydroxyl groups excluding tert-OH is 4. The summed E-state index contributed by atoms with van der Waals surface area (Å²) in [5, 5.41) is 49.0. The van der Waals surface area contributed by atoms with Crippen LogP contribution in [0, 0.1) is 11.3 Å². The van der Waals surface area contributed by atoms with Crippen LogP contribution in [0.1, 0.15) is 28.4 Å². The van der Waals surface area contributed by atoms with E-state index in [0.717, 1.165) is 12.1 Å². The van der Waals surface area contributed by atoms with Crippen molar-refractivity contribution in [3.8, 4) is 11.8 Å². The van der Waals surface area contributed by atoms with Crippen LogP contribution < -0.4 is 4.74 Å². The minimum absolute atomic E-state index is 0.195. The highest BCUT2D eigenvalue weighted by Crippen LogP contribution is 2.33. The highest BCUT2D eigenvalue weighted by Gasteiger charge is 2.44. The lowest BCUT2D eigenvalue weighted by molar-refractivity contribution is -0.274. The van der Waals surface area contributed by atoms with Crippen LogP contribution in [-0.2, 0) is 11.2 Å². The molecule has 10 heteroatoms. The molecule has 1 fully saturated rings. The third kappa shape index (κ3) is 5.33. The van der Waals surface area contributed by atoms with Gasteiger partial charge in [0.2, 0.25) is 0 Å². The number of hydrogen-bond donors (Lipinski definition) is 4. The number of nitrogens with zero attached hydrogens (tertiary/aromatic N) is 1. The van der Waals surface area contributed by atoms with Crippen molar-refractivity contribution in [3.63, 3.8) is 0 Å². The van der Waals surface area contributed by atoms with E-state index < -0.39 is 43.5 Å². The van der Waals surface area contributed by atoms with Crippen LogP contribution in [-0.4, -0.2) is 57.8 Å². The predicted molar refractivity (Wildman–Crippen MR) is 99.8 cm³/mol. The van der Waals surface area contributed by atoms with E-state index >= 15 is 0 Å². The minimum Gasteiger partial charge on any atom is -0.406 e. The maximum atomic E-state index is 12.3. The van der Waals surface area contributed by atoms with Gasteiger partial charge in [0.15, 0.2) is 0 Å². The summed E-state index contributed by atoms with van der Waals surface area (Å²) in [6, 6.07) is 11.8. The van der Waals surface area contributed by atoms with E-state index in [1.807, 2.05) is 6.07 Å². The molecule has 1 unspecified atom stereocenters. The number of halogens is 3. The molecule has 2 aromatic rings. The van der Waals surface area contributed by atoms with Crippen LogP contribution in [0.15, 0.2) is 42.5 Å². The molecule has 1 saturated heterocycles. The topological polar surface area (TPSA) is 123 Å². The van der Waals surface area contributed by atoms with Crippen LogP contribution in [0.4, 0.5) is 13.2 Å². The van der Waals surface area contributed by atoms with E-state index in [4.69, 9.17) is 4.74 Å². The summed E-state index contributed by atoms with van der Waals surface area (Å²) in [5.74, 6) is -0.369. The Morgan fingerprint density at radius 2 is 1.68 bits per heavy atom. The van der Waals surface area contributed by atoms with E-state index in [2.05, 4.69) is 4.74 Å². The van der Waals surface area contributed by atoms with Gasteiger partial charge >= 0.3 is 6.36 Å². The van der Waals surface area contributed by atoms with Crippen molar-refractivity contribution in [1.29, 1.82) is 5.26 Å². The van der Waals surface area contributed by atoms with Crippen molar-refractivity contribution in [1.82, 2.24) is 0 Å². The molecule has 166 valence electrons. The first-order chi connectivity index (χ1) is 14.6. The molecular formula is C21H20F3NO6. The molecule has 0 aromatic heterocycles. The Morgan fingerprint density at radius 3 is 2.26 bits per heavy atom. The average Bonchev–Trinajstić information content (AvgIpc) is 2.73. The molecule has 1 heterocycles. The number of aliphatic hydroxyl groups is 4. The lowest BCUT2D eigenvalue weighted by Crippen LogP contribution is -2.55. The van der Waals surface area contributed by atoms with Gasteiger partial charge in [0.05, 0.1) is 18.2 Å². The van der Waals surface area contributed by atoms with Gasteiger partial charge in [-0.15, -0.1) is 13.2 Å². The van der Waals surface area contributed by atoms with Gasteiger partial charge in [-0.05, 0) is 41.3 Å². The summed E-state index contributed by atoms with van der Waals surface area (Å²) in [4.78, 5) is 0. The summed E-state index contributed by atoms with van der Waals surface area (Å²) in [6.45, 7) is -0.572. The number of nitriles is 1. The molecule has 5 atom stereocenters. The highest BCUT2D eigenvalue weighted by atomic mass is 19.4. The second-order valence-electron chi connectivity index (χ2n) is 7.15. The van der Waals surface area contributed by atoms with Crippen molar-refractivity contribution >= 4 is 0 Å². The fourth-order valence-corrected chi connectivity index (χ4v) is 3.45. The van der Waals surface area contributed by atoms with Gasteiger partial charge in [0.25, 0.3) is 0 Å². The summed E-state index contributed by atoms with van der Waals surface area (Å²) < 4.78 is 46.3. The Balaban J connectivity index is 1.85. The average molecular weight is 439 g/mol. The SMILES string of the molecule is N#Cc1ccc([C@@H]2OC(CO)[C@@H](O)[C@H](O)[C@H]2O)cc1Cc1ccc(OC(F)(F)F)cc1. The number of hydrogen-bond acceptors (Lipinski definition) is 7. The molecule has 0 bridgehead atoms. The van der Waals surface area contributed by atoms with Gasteiger partial charge in [-0.1, -0.05) is 24.3 Å². The Labute approximate surface area is 175 Å². The number of rotatable bonds is 5. The summed E-state index contributed by atoms with van der Waals surface area (Å²) in [5.41, 5.74) is 1.84. The van der Waals surface area contributed by atoms with E-state index in [-0.39, 0.29) is 12.2 Å². The Morgan fingerprint density at radius 1 is 1.00 bits per heavy atom. The largest absolute Gasteiger partial charge is 0.573 e. The van der Waals surface area contributed by atoms with Gasteiger partial charge in [-0.25, -0.2) is 0 Å². The third-order valence-electron chi connectivity index (χ3n) is 5.02. The van der Waals surface area contributed by atoms with Crippen molar-refractivity contribution in [2.75, 3.05) is 6.61 Å². The molecule has 3 rings (SSSR count). The fraction of sp³-hybridized carbons (Fsp3) is 0.381. The minimum atomic E-state index is -4.80. The van der Waals surface area contributed by atoms with Crippen LogP contribution in [0.25, 0.3) is 0 Å². The number of benzene rings is 2. The van der Waals surface area contributed by atoms with Gasteiger partial charge < -0.3 is 29.9 Å². The molecule has 4 N–H and O–H groups in total. The quantitative estimate of drug-likeness (QED) is 0.558. The molecule has 0 aliphatic carbocycles. The smallest absolute Gasteiger partial charge is 0.406 e. The van der Waals surface area contributed by atoms with Crippen LogP contribution in [0.2, 0.25) is 0 Å². The zero-order valence-corrected chi connectivity index (χ0v) is 16.0. The maximum absolute atomic E-state index is 12.3. The van der Waals surface area contributed by atoms with E-state index in [9.17, 15) is 38.9 Å². The molecule has 31 heavy (non-hydrogen) atoms. The predicted octanol–water partition coefficient (Wildman–Crippen LogP) is 1.56. The molecule has 7 nitrogen and oxygen atoms in total. The monoisotopic (exact) mass is 439 g/mol. The van der Waals surface area contributed by atoms with E-state index in [1.54, 1.807) is 6.07 Å². The molecular weight excluding hydrogens is 419 g/mol. The molecule has 0 radical (unpaired) electrons. The zero-order chi connectivity index (χ0) is 22.8. The van der Waals surface area contributed by atoms with Crippen molar-refractivity contribution in [3.05, 3.63) is 64.7 Å². The Kier molecular flexibility index (Phi) is 6.83. The van der Waals surface area contributed by atoms with E-state index in [1.165, 1.54) is 24.3 Å². The fourth-order valence-electron chi connectivity index (χ4n) is 3.45. The standard InChI is InChI=1S/C21H20F3NO6/c22-21(23,24)31-15-5-1-11(2-6-15)7-14-8-12(3-4-13(14)9-25)20-19(29)18(28)17(27)16(10-26)30-20/h1-6,8,16-20,26-29H,7,10H2/t16?,17-,18+,19-,20+/m1/s1. The van der Waals surface area contributed by atoms with Gasteiger partial charge in [-0.2, -0.15) is 5.26 Å². The maximum Gasteiger partial charge on any atom is 0.573 e. The molecule has 1 aliphatic rings. The Hall–Kier alpha value is -2.68. The van der Waals surface area contributed by atoms with Crippen LogP contribution >= 0.6 is 0 Å². The van der Waals surface area contributed by atoms with E-state index in [0.29, 0.717) is 22.3 Å². The van der Waals surface area contributed by atoms with Gasteiger partial charge in [-0.3, -0.25) is 0 Å². The van der Waals surface area contributed by atoms with Gasteiger partial charge in [0, 0.05) is 0 Å². The first kappa shape index (κ1) is 23.0. The molecule has 0 amide bonds. The lowest BCUT2D eigenvalue weighted by Gasteiger charge is -2.40. The summed E-state index contributed by atoms with van der Waals surface area (Å²) >= 11 is 0. The van der Waals surface area contributed by atoms with Crippen LogP contribution in [0.5, 0.6) is 5.75 Å².